The minimum absolute atomic E-state index is 0.162. The molecule has 0 saturated heterocycles. The summed E-state index contributed by atoms with van der Waals surface area (Å²) in [6.07, 6.45) is 2.02. The van der Waals surface area contributed by atoms with Crippen LogP contribution in [0.3, 0.4) is 0 Å². The number of aromatic nitrogens is 1. The Labute approximate surface area is 86.9 Å². The van der Waals surface area contributed by atoms with E-state index >= 15 is 0 Å². The summed E-state index contributed by atoms with van der Waals surface area (Å²) in [5.41, 5.74) is 6.74. The number of rotatable bonds is 5. The lowest BCUT2D eigenvalue weighted by atomic mass is 10.1. The van der Waals surface area contributed by atoms with Gasteiger partial charge in [-0.25, -0.2) is 0 Å². The second kappa shape index (κ2) is 5.41. The zero-order valence-corrected chi connectivity index (χ0v) is 8.19. The molecule has 1 rings (SSSR count). The highest BCUT2D eigenvalue weighted by atomic mass is 19.1. The van der Waals surface area contributed by atoms with Gasteiger partial charge in [0, 0.05) is 24.7 Å². The van der Waals surface area contributed by atoms with Gasteiger partial charge in [-0.15, -0.1) is 0 Å². The number of carboxylic acid groups (broad SMARTS) is 1. The summed E-state index contributed by atoms with van der Waals surface area (Å²) >= 11 is 0. The number of nitrogens with two attached hydrogens (primary N) is 1. The van der Waals surface area contributed by atoms with E-state index in [0.717, 1.165) is 5.56 Å². The van der Waals surface area contributed by atoms with Gasteiger partial charge in [0.25, 0.3) is 0 Å². The van der Waals surface area contributed by atoms with Gasteiger partial charge in [-0.05, 0) is 17.7 Å². The van der Waals surface area contributed by atoms with E-state index in [-0.39, 0.29) is 6.42 Å². The molecule has 0 aliphatic heterocycles. The van der Waals surface area contributed by atoms with Crippen LogP contribution in [-0.4, -0.2) is 28.8 Å². The van der Waals surface area contributed by atoms with Crippen molar-refractivity contribution in [1.82, 2.24) is 4.98 Å². The first-order valence-electron chi connectivity index (χ1n) is 4.61. The van der Waals surface area contributed by atoms with Crippen molar-refractivity contribution in [2.45, 2.75) is 18.9 Å². The molecule has 3 N–H and O–H groups in total. The van der Waals surface area contributed by atoms with Crippen LogP contribution >= 0.6 is 0 Å². The smallest absolute Gasteiger partial charge is 0.320 e. The zero-order chi connectivity index (χ0) is 11.3. The summed E-state index contributed by atoms with van der Waals surface area (Å²) in [4.78, 5) is 14.5. The van der Waals surface area contributed by atoms with Gasteiger partial charge < -0.3 is 10.8 Å². The number of pyridine rings is 1. The summed E-state index contributed by atoms with van der Waals surface area (Å²) in [5.74, 6) is -1.06. The normalized spacial score (nSPS) is 12.4. The Kier molecular flexibility index (Phi) is 4.17. The Morgan fingerprint density at radius 1 is 1.67 bits per heavy atom. The van der Waals surface area contributed by atoms with Crippen LogP contribution in [-0.2, 0) is 17.6 Å². The van der Waals surface area contributed by atoms with Crippen molar-refractivity contribution in [1.29, 1.82) is 0 Å². The van der Waals surface area contributed by atoms with Crippen molar-refractivity contribution in [2.24, 2.45) is 5.73 Å². The van der Waals surface area contributed by atoms with Crippen molar-refractivity contribution in [3.05, 3.63) is 29.6 Å². The topological polar surface area (TPSA) is 76.2 Å². The molecule has 4 nitrogen and oxygen atoms in total. The fourth-order valence-electron chi connectivity index (χ4n) is 1.22. The Morgan fingerprint density at radius 2 is 2.40 bits per heavy atom. The molecule has 0 saturated carbocycles. The molecular formula is C10H13FN2O2. The van der Waals surface area contributed by atoms with Gasteiger partial charge in [-0.2, -0.15) is 0 Å². The van der Waals surface area contributed by atoms with E-state index in [2.05, 4.69) is 4.98 Å². The molecule has 1 aromatic rings. The van der Waals surface area contributed by atoms with Gasteiger partial charge in [-0.3, -0.25) is 14.2 Å². The van der Waals surface area contributed by atoms with E-state index in [1.807, 2.05) is 0 Å². The molecule has 0 bridgehead atoms. The Bertz CT molecular complexity index is 344. The first-order valence-corrected chi connectivity index (χ1v) is 4.61. The average Bonchev–Trinajstić information content (AvgIpc) is 2.18. The first-order chi connectivity index (χ1) is 7.13. The van der Waals surface area contributed by atoms with E-state index in [0.29, 0.717) is 12.1 Å². The number of alkyl halides is 1. The minimum Gasteiger partial charge on any atom is -0.480 e. The number of hydrogen-bond donors (Lipinski definition) is 2. The van der Waals surface area contributed by atoms with Gasteiger partial charge >= 0.3 is 5.97 Å². The van der Waals surface area contributed by atoms with Crippen LogP contribution in [0.25, 0.3) is 0 Å². The van der Waals surface area contributed by atoms with Crippen LogP contribution in [0.2, 0.25) is 0 Å². The summed E-state index contributed by atoms with van der Waals surface area (Å²) < 4.78 is 12.1. The molecule has 0 aromatic carbocycles. The van der Waals surface area contributed by atoms with Crippen LogP contribution < -0.4 is 5.73 Å². The van der Waals surface area contributed by atoms with Gasteiger partial charge in [-0.1, -0.05) is 0 Å². The SMILES string of the molecule is NC(Cc1cc(CCF)ccn1)C(=O)O. The number of aryl methyl sites for hydroxylation is 1. The van der Waals surface area contributed by atoms with Crippen LogP contribution in [0.5, 0.6) is 0 Å². The lowest BCUT2D eigenvalue weighted by molar-refractivity contribution is -0.138. The van der Waals surface area contributed by atoms with Gasteiger partial charge in [0.05, 0.1) is 6.67 Å². The Balaban J connectivity index is 2.68. The molecule has 1 aromatic heterocycles. The molecule has 0 aliphatic rings. The number of carboxylic acids is 1. The Morgan fingerprint density at radius 3 is 3.00 bits per heavy atom. The van der Waals surface area contributed by atoms with E-state index in [9.17, 15) is 9.18 Å². The van der Waals surface area contributed by atoms with Crippen molar-refractivity contribution in [3.63, 3.8) is 0 Å². The van der Waals surface area contributed by atoms with Crippen molar-refractivity contribution >= 4 is 5.97 Å². The fraction of sp³-hybridized carbons (Fsp3) is 0.400. The lowest BCUT2D eigenvalue weighted by Gasteiger charge is -2.06. The van der Waals surface area contributed by atoms with Crippen LogP contribution in [0.15, 0.2) is 18.3 Å². The molecule has 0 aliphatic carbocycles. The first kappa shape index (κ1) is 11.6. The molecule has 1 unspecified atom stereocenters. The highest BCUT2D eigenvalue weighted by Gasteiger charge is 2.12. The van der Waals surface area contributed by atoms with Crippen molar-refractivity contribution < 1.29 is 14.3 Å². The van der Waals surface area contributed by atoms with E-state index in [1.165, 1.54) is 6.20 Å². The predicted molar refractivity (Wildman–Crippen MR) is 53.2 cm³/mol. The van der Waals surface area contributed by atoms with Crippen molar-refractivity contribution in [3.8, 4) is 0 Å². The Hall–Kier alpha value is -1.49. The summed E-state index contributed by atoms with van der Waals surface area (Å²) in [7, 11) is 0. The average molecular weight is 212 g/mol. The van der Waals surface area contributed by atoms with Gasteiger partial charge in [0.2, 0.25) is 0 Å². The molecule has 1 heterocycles. The zero-order valence-electron chi connectivity index (χ0n) is 8.19. The quantitative estimate of drug-likeness (QED) is 0.747. The molecule has 15 heavy (non-hydrogen) atoms. The predicted octanol–water partition coefficient (Wildman–Crippen LogP) is 0.548. The van der Waals surface area contributed by atoms with E-state index in [4.69, 9.17) is 10.8 Å². The molecule has 82 valence electrons. The molecule has 0 spiro atoms. The summed E-state index contributed by atoms with van der Waals surface area (Å²) in [6, 6.07) is 2.43. The molecule has 0 amide bonds. The number of carbonyl (C=O) groups is 1. The summed E-state index contributed by atoms with van der Waals surface area (Å²) in [6.45, 7) is -0.436. The summed E-state index contributed by atoms with van der Waals surface area (Å²) in [5, 5.41) is 8.60. The maximum atomic E-state index is 12.1. The fourth-order valence-corrected chi connectivity index (χ4v) is 1.22. The second-order valence-corrected chi connectivity index (χ2v) is 3.24. The molecule has 0 fully saturated rings. The molecule has 5 heteroatoms. The van der Waals surface area contributed by atoms with Gasteiger partial charge in [0.1, 0.15) is 6.04 Å². The van der Waals surface area contributed by atoms with Crippen LogP contribution in [0.4, 0.5) is 4.39 Å². The third kappa shape index (κ3) is 3.63. The van der Waals surface area contributed by atoms with Crippen molar-refractivity contribution in [2.75, 3.05) is 6.67 Å². The second-order valence-electron chi connectivity index (χ2n) is 3.24. The lowest BCUT2D eigenvalue weighted by Crippen LogP contribution is -2.32. The molecule has 0 radical (unpaired) electrons. The number of aliphatic carboxylic acids is 1. The highest BCUT2D eigenvalue weighted by molar-refractivity contribution is 5.73. The van der Waals surface area contributed by atoms with E-state index in [1.54, 1.807) is 12.1 Å². The van der Waals surface area contributed by atoms with E-state index < -0.39 is 18.7 Å². The molecule has 1 atom stereocenters. The molecular weight excluding hydrogens is 199 g/mol. The minimum atomic E-state index is -1.06. The third-order valence-corrected chi connectivity index (χ3v) is 2.01. The monoisotopic (exact) mass is 212 g/mol. The number of halogens is 1. The van der Waals surface area contributed by atoms with Gasteiger partial charge in [0.15, 0.2) is 0 Å². The number of hydrogen-bond acceptors (Lipinski definition) is 3. The van der Waals surface area contributed by atoms with Crippen LogP contribution in [0, 0.1) is 0 Å². The third-order valence-electron chi connectivity index (χ3n) is 2.01. The maximum Gasteiger partial charge on any atom is 0.320 e. The highest BCUT2D eigenvalue weighted by Crippen LogP contribution is 2.05. The maximum absolute atomic E-state index is 12.1. The number of nitrogens with zero attached hydrogens (tertiary/aromatic N) is 1. The largest absolute Gasteiger partial charge is 0.480 e. The van der Waals surface area contributed by atoms with Crippen LogP contribution in [0.1, 0.15) is 11.3 Å². The standard InChI is InChI=1S/C10H13FN2O2/c11-3-1-7-2-4-13-8(5-7)6-9(12)10(14)15/h2,4-5,9H,1,3,6,12H2,(H,14,15).